The summed E-state index contributed by atoms with van der Waals surface area (Å²) < 4.78 is 0. The highest BCUT2D eigenvalue weighted by molar-refractivity contribution is 5.78. The number of anilines is 1. The molecular formula is C17H28N2O2. The molecule has 1 atom stereocenters. The maximum absolute atomic E-state index is 11.4. The fraction of sp³-hybridized carbons (Fsp3) is 0.588. The molecule has 0 saturated heterocycles. The molecule has 118 valence electrons. The molecule has 1 aromatic rings. The van der Waals surface area contributed by atoms with Gasteiger partial charge in [-0.1, -0.05) is 24.6 Å². The third-order valence-electron chi connectivity index (χ3n) is 3.88. The maximum Gasteiger partial charge on any atom is 0.323 e. The molecule has 0 heterocycles. The van der Waals surface area contributed by atoms with E-state index in [0.29, 0.717) is 6.42 Å². The van der Waals surface area contributed by atoms with Crippen LogP contribution in [0.5, 0.6) is 0 Å². The Bertz CT molecular complexity index is 445. The lowest BCUT2D eigenvalue weighted by molar-refractivity contribution is -0.144. The van der Waals surface area contributed by atoms with Crippen LogP contribution in [0.25, 0.3) is 0 Å². The normalized spacial score (nSPS) is 13.7. The molecule has 0 bridgehead atoms. The van der Waals surface area contributed by atoms with Gasteiger partial charge < -0.3 is 15.3 Å². The molecule has 1 unspecified atom stereocenters. The Balaban J connectivity index is 2.50. The molecule has 4 heteroatoms. The van der Waals surface area contributed by atoms with Gasteiger partial charge in [-0.05, 0) is 51.8 Å². The molecule has 0 aliphatic carbocycles. The summed E-state index contributed by atoms with van der Waals surface area (Å²) in [5.41, 5.74) is 1.58. The summed E-state index contributed by atoms with van der Waals surface area (Å²) >= 11 is 0. The standard InChI is InChI=1S/C17H28N2O2/c1-5-12-18-17(3,16(20)21)11-6-13-19(4)15-9-7-14(2)8-10-15/h7-10,18H,5-6,11-13H2,1-4H3,(H,20,21). The predicted octanol–water partition coefficient (Wildman–Crippen LogP) is 3.05. The summed E-state index contributed by atoms with van der Waals surface area (Å²) in [4.78, 5) is 13.6. The zero-order valence-electron chi connectivity index (χ0n) is 13.6. The van der Waals surface area contributed by atoms with E-state index >= 15 is 0 Å². The third-order valence-corrected chi connectivity index (χ3v) is 3.88. The van der Waals surface area contributed by atoms with Crippen LogP contribution in [0, 0.1) is 6.92 Å². The van der Waals surface area contributed by atoms with Crippen LogP contribution in [0.1, 0.15) is 38.7 Å². The summed E-state index contributed by atoms with van der Waals surface area (Å²) in [6.07, 6.45) is 2.40. The first-order valence-corrected chi connectivity index (χ1v) is 7.65. The largest absolute Gasteiger partial charge is 0.480 e. The number of rotatable bonds is 9. The first kappa shape index (κ1) is 17.5. The minimum absolute atomic E-state index is 0.624. The molecule has 0 amide bonds. The Morgan fingerprint density at radius 2 is 1.95 bits per heavy atom. The van der Waals surface area contributed by atoms with Gasteiger partial charge in [-0.3, -0.25) is 4.79 Å². The molecule has 21 heavy (non-hydrogen) atoms. The average molecular weight is 292 g/mol. The van der Waals surface area contributed by atoms with Gasteiger partial charge in [0.25, 0.3) is 0 Å². The Labute approximate surface area is 128 Å². The van der Waals surface area contributed by atoms with Crippen LogP contribution in [0.2, 0.25) is 0 Å². The third kappa shape index (κ3) is 5.38. The quantitative estimate of drug-likeness (QED) is 0.734. The molecule has 1 rings (SSSR count). The van der Waals surface area contributed by atoms with Crippen LogP contribution in [0.15, 0.2) is 24.3 Å². The number of nitrogens with zero attached hydrogens (tertiary/aromatic N) is 1. The zero-order chi connectivity index (χ0) is 15.9. The number of carboxylic acids is 1. The second-order valence-corrected chi connectivity index (χ2v) is 5.92. The molecule has 0 aliphatic rings. The number of benzene rings is 1. The summed E-state index contributed by atoms with van der Waals surface area (Å²) in [5, 5.41) is 12.5. The van der Waals surface area contributed by atoms with Crippen LogP contribution < -0.4 is 10.2 Å². The average Bonchev–Trinajstić information content (AvgIpc) is 2.45. The van der Waals surface area contributed by atoms with Crippen molar-refractivity contribution in [3.05, 3.63) is 29.8 Å². The molecule has 0 aliphatic heterocycles. The highest BCUT2D eigenvalue weighted by atomic mass is 16.4. The van der Waals surface area contributed by atoms with E-state index in [2.05, 4.69) is 41.4 Å². The van der Waals surface area contributed by atoms with Crippen molar-refractivity contribution in [3.63, 3.8) is 0 Å². The molecule has 1 aromatic carbocycles. The number of aryl methyl sites for hydroxylation is 1. The highest BCUT2D eigenvalue weighted by Gasteiger charge is 2.31. The lowest BCUT2D eigenvalue weighted by atomic mass is 9.95. The lowest BCUT2D eigenvalue weighted by Gasteiger charge is -2.28. The van der Waals surface area contributed by atoms with E-state index < -0.39 is 11.5 Å². The molecular weight excluding hydrogens is 264 g/mol. The van der Waals surface area contributed by atoms with Gasteiger partial charge in [-0.25, -0.2) is 0 Å². The van der Waals surface area contributed by atoms with Gasteiger partial charge in [0, 0.05) is 19.3 Å². The van der Waals surface area contributed by atoms with Crippen LogP contribution in [0.4, 0.5) is 5.69 Å². The second kappa shape index (κ2) is 8.03. The van der Waals surface area contributed by atoms with Crippen molar-refractivity contribution in [1.82, 2.24) is 5.32 Å². The number of nitrogens with one attached hydrogen (secondary N) is 1. The topological polar surface area (TPSA) is 52.6 Å². The predicted molar refractivity (Wildman–Crippen MR) is 88.0 cm³/mol. The van der Waals surface area contributed by atoms with Crippen LogP contribution in [-0.4, -0.2) is 36.8 Å². The Morgan fingerprint density at radius 1 is 1.33 bits per heavy atom. The molecule has 0 aromatic heterocycles. The second-order valence-electron chi connectivity index (χ2n) is 5.92. The number of carboxylic acid groups (broad SMARTS) is 1. The number of hydrogen-bond donors (Lipinski definition) is 2. The van der Waals surface area contributed by atoms with Crippen molar-refractivity contribution in [2.75, 3.05) is 25.0 Å². The van der Waals surface area contributed by atoms with Crippen molar-refractivity contribution in [1.29, 1.82) is 0 Å². The van der Waals surface area contributed by atoms with Gasteiger partial charge in [0.1, 0.15) is 5.54 Å². The van der Waals surface area contributed by atoms with Gasteiger partial charge in [0.05, 0.1) is 0 Å². The van der Waals surface area contributed by atoms with E-state index in [-0.39, 0.29) is 0 Å². The first-order valence-electron chi connectivity index (χ1n) is 7.65. The van der Waals surface area contributed by atoms with Crippen molar-refractivity contribution in [2.45, 2.75) is 45.6 Å². The van der Waals surface area contributed by atoms with Gasteiger partial charge >= 0.3 is 5.97 Å². The Morgan fingerprint density at radius 3 is 2.48 bits per heavy atom. The summed E-state index contributed by atoms with van der Waals surface area (Å²) in [6.45, 7) is 7.47. The Kier molecular flexibility index (Phi) is 6.69. The minimum atomic E-state index is -0.829. The van der Waals surface area contributed by atoms with Crippen molar-refractivity contribution < 1.29 is 9.90 Å². The van der Waals surface area contributed by atoms with Crippen LogP contribution in [0.3, 0.4) is 0 Å². The summed E-state index contributed by atoms with van der Waals surface area (Å²) in [6, 6.07) is 8.38. The molecule has 0 radical (unpaired) electrons. The van der Waals surface area contributed by atoms with Crippen molar-refractivity contribution in [2.24, 2.45) is 0 Å². The minimum Gasteiger partial charge on any atom is -0.480 e. The van der Waals surface area contributed by atoms with E-state index in [1.54, 1.807) is 6.92 Å². The van der Waals surface area contributed by atoms with Crippen molar-refractivity contribution in [3.8, 4) is 0 Å². The lowest BCUT2D eigenvalue weighted by Crippen LogP contribution is -2.50. The maximum atomic E-state index is 11.4. The van der Waals surface area contributed by atoms with E-state index in [9.17, 15) is 9.90 Å². The SMILES string of the molecule is CCCNC(C)(CCCN(C)c1ccc(C)cc1)C(=O)O. The van der Waals surface area contributed by atoms with Gasteiger partial charge in [0.2, 0.25) is 0 Å². The number of hydrogen-bond acceptors (Lipinski definition) is 3. The molecule has 0 fully saturated rings. The van der Waals surface area contributed by atoms with Crippen molar-refractivity contribution >= 4 is 11.7 Å². The van der Waals surface area contributed by atoms with E-state index in [1.807, 2.05) is 14.0 Å². The molecule has 2 N–H and O–H groups in total. The van der Waals surface area contributed by atoms with Crippen LogP contribution in [-0.2, 0) is 4.79 Å². The molecule has 0 saturated carbocycles. The fourth-order valence-corrected chi connectivity index (χ4v) is 2.27. The highest BCUT2D eigenvalue weighted by Crippen LogP contribution is 2.17. The number of carbonyl (C=O) groups is 1. The van der Waals surface area contributed by atoms with E-state index in [0.717, 1.165) is 25.9 Å². The molecule has 0 spiro atoms. The van der Waals surface area contributed by atoms with Gasteiger partial charge in [-0.15, -0.1) is 0 Å². The fourth-order valence-electron chi connectivity index (χ4n) is 2.27. The van der Waals surface area contributed by atoms with Gasteiger partial charge in [0.15, 0.2) is 0 Å². The van der Waals surface area contributed by atoms with E-state index in [1.165, 1.54) is 11.3 Å². The monoisotopic (exact) mass is 292 g/mol. The number of aliphatic carboxylic acids is 1. The van der Waals surface area contributed by atoms with Gasteiger partial charge in [-0.2, -0.15) is 0 Å². The first-order chi connectivity index (χ1) is 9.89. The summed E-state index contributed by atoms with van der Waals surface area (Å²) in [7, 11) is 2.04. The zero-order valence-corrected chi connectivity index (χ0v) is 13.6. The smallest absolute Gasteiger partial charge is 0.323 e. The Hall–Kier alpha value is -1.55. The molecule has 4 nitrogen and oxygen atoms in total. The summed E-state index contributed by atoms with van der Waals surface area (Å²) in [5.74, 6) is -0.770. The van der Waals surface area contributed by atoms with E-state index in [4.69, 9.17) is 0 Å². The van der Waals surface area contributed by atoms with Crippen LogP contribution >= 0.6 is 0 Å².